The monoisotopic (exact) mass is 223 g/mol. The van der Waals surface area contributed by atoms with Crippen LogP contribution in [-0.4, -0.2) is 35.5 Å². The number of ether oxygens (including phenoxy) is 1. The third-order valence-electron chi connectivity index (χ3n) is 1.77. The minimum atomic E-state index is -0.432. The highest BCUT2D eigenvalue weighted by molar-refractivity contribution is 5.85. The molecule has 0 fully saturated rings. The van der Waals surface area contributed by atoms with Crippen molar-refractivity contribution in [2.45, 2.75) is 6.92 Å². The first-order valence-electron chi connectivity index (χ1n) is 4.81. The van der Waals surface area contributed by atoms with Crippen molar-refractivity contribution < 1.29 is 19.7 Å². The Hall–Kier alpha value is -2.04. The lowest BCUT2D eigenvalue weighted by Crippen LogP contribution is -2.07. The summed E-state index contributed by atoms with van der Waals surface area (Å²) in [5.41, 5.74) is 0.351. The number of hydrogen-bond donors (Lipinski definition) is 2. The largest absolute Gasteiger partial charge is 0.508 e. The highest BCUT2D eigenvalue weighted by Gasteiger charge is 2.01. The van der Waals surface area contributed by atoms with Gasteiger partial charge in [-0.25, -0.2) is 0 Å². The average Bonchev–Trinajstić information content (AvgIpc) is 2.23. The molecule has 1 aromatic carbocycles. The molecule has 1 rings (SSSR count). The van der Waals surface area contributed by atoms with Gasteiger partial charge in [-0.05, 0) is 25.1 Å². The zero-order valence-electron chi connectivity index (χ0n) is 8.88. The molecule has 16 heavy (non-hydrogen) atoms. The molecule has 0 aliphatic rings. The second kappa shape index (κ2) is 5.75. The van der Waals surface area contributed by atoms with Gasteiger partial charge in [-0.2, -0.15) is 0 Å². The van der Waals surface area contributed by atoms with Crippen LogP contribution in [0.5, 0.6) is 11.5 Å². The maximum absolute atomic E-state index is 10.9. The van der Waals surface area contributed by atoms with Gasteiger partial charge >= 0.3 is 5.97 Å². The number of esters is 1. The van der Waals surface area contributed by atoms with E-state index < -0.39 is 5.97 Å². The fraction of sp³-hybridized carbons (Fsp3) is 0.273. The van der Waals surface area contributed by atoms with E-state index in [0.717, 1.165) is 0 Å². The lowest BCUT2D eigenvalue weighted by molar-refractivity contribution is -0.141. The van der Waals surface area contributed by atoms with Gasteiger partial charge in [0.25, 0.3) is 0 Å². The number of carbonyl (C=O) groups is 1. The van der Waals surface area contributed by atoms with E-state index in [1.54, 1.807) is 6.92 Å². The lowest BCUT2D eigenvalue weighted by atomic mass is 10.2. The molecule has 0 atom stereocenters. The molecular formula is C11H13NO4. The number of nitrogens with zero attached hydrogens (tertiary/aromatic N) is 1. The van der Waals surface area contributed by atoms with E-state index in [1.165, 1.54) is 24.4 Å². The number of aliphatic imine (C=N–C) groups is 1. The summed E-state index contributed by atoms with van der Waals surface area (Å²) in [7, 11) is 0. The first-order chi connectivity index (χ1) is 7.63. The van der Waals surface area contributed by atoms with Crippen LogP contribution in [-0.2, 0) is 9.53 Å². The Labute approximate surface area is 93.0 Å². The van der Waals surface area contributed by atoms with Crippen LogP contribution in [0.15, 0.2) is 23.2 Å². The molecule has 0 aromatic heterocycles. The van der Waals surface area contributed by atoms with Gasteiger partial charge in [-0.1, -0.05) is 0 Å². The highest BCUT2D eigenvalue weighted by Crippen LogP contribution is 2.19. The van der Waals surface area contributed by atoms with E-state index in [2.05, 4.69) is 9.73 Å². The Morgan fingerprint density at radius 1 is 1.50 bits per heavy atom. The van der Waals surface area contributed by atoms with Crippen LogP contribution in [0.3, 0.4) is 0 Å². The van der Waals surface area contributed by atoms with Crippen LogP contribution < -0.4 is 0 Å². The first kappa shape index (κ1) is 12.0. The Balaban J connectivity index is 2.62. The van der Waals surface area contributed by atoms with Crippen molar-refractivity contribution in [1.29, 1.82) is 0 Å². The highest BCUT2D eigenvalue weighted by atomic mass is 16.5. The fourth-order valence-electron chi connectivity index (χ4n) is 1.07. The summed E-state index contributed by atoms with van der Waals surface area (Å²) < 4.78 is 4.67. The Kier molecular flexibility index (Phi) is 4.32. The van der Waals surface area contributed by atoms with Gasteiger partial charge in [0.05, 0.1) is 6.61 Å². The Morgan fingerprint density at radius 3 is 2.94 bits per heavy atom. The van der Waals surface area contributed by atoms with Crippen molar-refractivity contribution in [3.8, 4) is 11.5 Å². The zero-order valence-corrected chi connectivity index (χ0v) is 8.88. The molecule has 5 nitrogen and oxygen atoms in total. The molecule has 86 valence electrons. The van der Waals surface area contributed by atoms with Crippen LogP contribution in [0.2, 0.25) is 0 Å². The van der Waals surface area contributed by atoms with Gasteiger partial charge in [0.1, 0.15) is 18.0 Å². The van der Waals surface area contributed by atoms with Crippen molar-refractivity contribution in [2.75, 3.05) is 13.2 Å². The maximum Gasteiger partial charge on any atom is 0.327 e. The summed E-state index contributed by atoms with van der Waals surface area (Å²) in [5, 5.41) is 18.6. The standard InChI is InChI=1S/C11H13NO4/c1-2-16-11(15)7-12-6-8-5-9(13)3-4-10(8)14/h3-6,13-14H,2,7H2,1H3. The third-order valence-corrected chi connectivity index (χ3v) is 1.77. The average molecular weight is 223 g/mol. The van der Waals surface area contributed by atoms with E-state index in [0.29, 0.717) is 12.2 Å². The predicted octanol–water partition coefficient (Wildman–Crippen LogP) is 1.08. The summed E-state index contributed by atoms with van der Waals surface area (Å²) in [6, 6.07) is 4.06. The number of rotatable bonds is 4. The topological polar surface area (TPSA) is 79.1 Å². The van der Waals surface area contributed by atoms with Crippen molar-refractivity contribution in [3.05, 3.63) is 23.8 Å². The molecule has 0 bridgehead atoms. The second-order valence-electron chi connectivity index (χ2n) is 3.02. The van der Waals surface area contributed by atoms with E-state index in [1.807, 2.05) is 0 Å². The number of benzene rings is 1. The summed E-state index contributed by atoms with van der Waals surface area (Å²) in [6.07, 6.45) is 1.31. The molecule has 5 heteroatoms. The normalized spacial score (nSPS) is 10.6. The smallest absolute Gasteiger partial charge is 0.327 e. The molecule has 0 saturated heterocycles. The number of phenolic OH excluding ortho intramolecular Hbond substituents is 2. The molecule has 0 saturated carbocycles. The quantitative estimate of drug-likeness (QED) is 0.455. The number of carbonyl (C=O) groups excluding carboxylic acids is 1. The minimum Gasteiger partial charge on any atom is -0.508 e. The molecule has 0 unspecified atom stereocenters. The van der Waals surface area contributed by atoms with Crippen LogP contribution in [0, 0.1) is 0 Å². The molecule has 1 aromatic rings. The van der Waals surface area contributed by atoms with Gasteiger partial charge in [0.15, 0.2) is 0 Å². The summed E-state index contributed by atoms with van der Waals surface area (Å²) in [6.45, 7) is 1.91. The van der Waals surface area contributed by atoms with E-state index in [9.17, 15) is 9.90 Å². The maximum atomic E-state index is 10.9. The molecule has 0 aliphatic heterocycles. The van der Waals surface area contributed by atoms with E-state index in [4.69, 9.17) is 5.11 Å². The third kappa shape index (κ3) is 3.61. The van der Waals surface area contributed by atoms with Crippen molar-refractivity contribution in [3.63, 3.8) is 0 Å². The predicted molar refractivity (Wildman–Crippen MR) is 58.9 cm³/mol. The Morgan fingerprint density at radius 2 is 2.25 bits per heavy atom. The number of aromatic hydroxyl groups is 2. The van der Waals surface area contributed by atoms with E-state index >= 15 is 0 Å². The van der Waals surface area contributed by atoms with Gasteiger partial charge in [-0.3, -0.25) is 9.79 Å². The summed E-state index contributed by atoms with van der Waals surface area (Å²) >= 11 is 0. The molecule has 0 spiro atoms. The molecule has 0 heterocycles. The van der Waals surface area contributed by atoms with Crippen molar-refractivity contribution in [2.24, 2.45) is 4.99 Å². The first-order valence-corrected chi connectivity index (χ1v) is 4.81. The van der Waals surface area contributed by atoms with Gasteiger partial charge in [0.2, 0.25) is 0 Å². The van der Waals surface area contributed by atoms with E-state index in [-0.39, 0.29) is 18.0 Å². The lowest BCUT2D eigenvalue weighted by Gasteiger charge is -1.99. The second-order valence-corrected chi connectivity index (χ2v) is 3.02. The minimum absolute atomic E-state index is 0.00888. The molecule has 2 N–H and O–H groups in total. The van der Waals surface area contributed by atoms with Crippen LogP contribution >= 0.6 is 0 Å². The van der Waals surface area contributed by atoms with Crippen LogP contribution in [0.1, 0.15) is 12.5 Å². The molecule has 0 radical (unpaired) electrons. The molecular weight excluding hydrogens is 210 g/mol. The van der Waals surface area contributed by atoms with Crippen molar-refractivity contribution >= 4 is 12.2 Å². The van der Waals surface area contributed by atoms with Crippen LogP contribution in [0.25, 0.3) is 0 Å². The van der Waals surface area contributed by atoms with Gasteiger partial charge in [-0.15, -0.1) is 0 Å². The zero-order chi connectivity index (χ0) is 12.0. The Bertz CT molecular complexity index is 401. The molecule has 0 amide bonds. The molecule has 0 aliphatic carbocycles. The number of phenols is 2. The summed E-state index contributed by atoms with van der Waals surface area (Å²) in [4.78, 5) is 14.7. The summed E-state index contributed by atoms with van der Waals surface area (Å²) in [5.74, 6) is -0.417. The number of hydrogen-bond acceptors (Lipinski definition) is 5. The van der Waals surface area contributed by atoms with Crippen molar-refractivity contribution in [1.82, 2.24) is 0 Å². The SMILES string of the molecule is CCOC(=O)CN=Cc1cc(O)ccc1O. The van der Waals surface area contributed by atoms with Gasteiger partial charge < -0.3 is 14.9 Å². The fourth-order valence-corrected chi connectivity index (χ4v) is 1.07. The van der Waals surface area contributed by atoms with Crippen LogP contribution in [0.4, 0.5) is 0 Å². The van der Waals surface area contributed by atoms with Gasteiger partial charge in [0, 0.05) is 11.8 Å².